The average molecular weight is 219 g/mol. The number of aryl methyl sites for hydroxylation is 2. The van der Waals surface area contributed by atoms with Gasteiger partial charge in [0.15, 0.2) is 0 Å². The first kappa shape index (κ1) is 11.0. The molecule has 0 fully saturated rings. The SMILES string of the molecule is CNC(Cc1nccn1C)c1ccc(C)o1. The fraction of sp³-hybridized carbons (Fsp3) is 0.417. The molecule has 16 heavy (non-hydrogen) atoms. The monoisotopic (exact) mass is 219 g/mol. The second kappa shape index (κ2) is 4.53. The third-order valence-corrected chi connectivity index (χ3v) is 2.76. The van der Waals surface area contributed by atoms with E-state index >= 15 is 0 Å². The molecule has 0 aromatic carbocycles. The minimum atomic E-state index is 0.176. The normalized spacial score (nSPS) is 12.9. The number of furan rings is 1. The topological polar surface area (TPSA) is 43.0 Å². The maximum Gasteiger partial charge on any atom is 0.121 e. The first-order valence-corrected chi connectivity index (χ1v) is 5.40. The molecule has 0 aliphatic rings. The molecule has 4 heteroatoms. The summed E-state index contributed by atoms with van der Waals surface area (Å²) in [5, 5.41) is 3.25. The summed E-state index contributed by atoms with van der Waals surface area (Å²) in [6.07, 6.45) is 4.60. The minimum absolute atomic E-state index is 0.176. The van der Waals surface area contributed by atoms with Crippen molar-refractivity contribution in [2.75, 3.05) is 7.05 Å². The quantitative estimate of drug-likeness (QED) is 0.853. The molecule has 2 rings (SSSR count). The van der Waals surface area contributed by atoms with Gasteiger partial charge in [-0.05, 0) is 26.1 Å². The molecule has 1 N–H and O–H groups in total. The predicted octanol–water partition coefficient (Wildman–Crippen LogP) is 1.82. The van der Waals surface area contributed by atoms with Gasteiger partial charge in [-0.1, -0.05) is 0 Å². The van der Waals surface area contributed by atoms with Crippen molar-refractivity contribution in [2.24, 2.45) is 7.05 Å². The second-order valence-corrected chi connectivity index (χ2v) is 3.95. The lowest BCUT2D eigenvalue weighted by molar-refractivity contribution is 0.409. The molecule has 0 radical (unpaired) electrons. The molecule has 86 valence electrons. The molecule has 0 amide bonds. The Morgan fingerprint density at radius 1 is 1.50 bits per heavy atom. The third-order valence-electron chi connectivity index (χ3n) is 2.76. The van der Waals surface area contributed by atoms with Crippen LogP contribution >= 0.6 is 0 Å². The molecule has 2 aromatic rings. The number of nitrogens with zero attached hydrogens (tertiary/aromatic N) is 2. The van der Waals surface area contributed by atoms with Crippen molar-refractivity contribution < 1.29 is 4.42 Å². The van der Waals surface area contributed by atoms with Crippen molar-refractivity contribution in [2.45, 2.75) is 19.4 Å². The molecule has 2 heterocycles. The van der Waals surface area contributed by atoms with Crippen molar-refractivity contribution in [3.05, 3.63) is 41.9 Å². The van der Waals surface area contributed by atoms with Gasteiger partial charge in [0.05, 0.1) is 6.04 Å². The van der Waals surface area contributed by atoms with Crippen molar-refractivity contribution in [1.82, 2.24) is 14.9 Å². The van der Waals surface area contributed by atoms with Crippen LogP contribution in [0.4, 0.5) is 0 Å². The molecule has 0 saturated heterocycles. The number of likely N-dealkylation sites (N-methyl/N-ethyl adjacent to an activating group) is 1. The molecule has 0 spiro atoms. The van der Waals surface area contributed by atoms with Crippen LogP contribution in [0.5, 0.6) is 0 Å². The van der Waals surface area contributed by atoms with Crippen LogP contribution in [0.3, 0.4) is 0 Å². The van der Waals surface area contributed by atoms with Gasteiger partial charge in [-0.25, -0.2) is 4.98 Å². The van der Waals surface area contributed by atoms with Crippen molar-refractivity contribution in [1.29, 1.82) is 0 Å². The lowest BCUT2D eigenvalue weighted by atomic mass is 10.1. The zero-order valence-corrected chi connectivity index (χ0v) is 9.90. The van der Waals surface area contributed by atoms with E-state index in [0.29, 0.717) is 0 Å². The largest absolute Gasteiger partial charge is 0.465 e. The van der Waals surface area contributed by atoms with Crippen molar-refractivity contribution in [3.63, 3.8) is 0 Å². The van der Waals surface area contributed by atoms with Crippen LogP contribution in [0.25, 0.3) is 0 Å². The number of aromatic nitrogens is 2. The molecule has 0 aliphatic carbocycles. The molecule has 0 aliphatic heterocycles. The van der Waals surface area contributed by atoms with Crippen LogP contribution in [-0.4, -0.2) is 16.6 Å². The van der Waals surface area contributed by atoms with E-state index in [1.165, 1.54) is 0 Å². The van der Waals surface area contributed by atoms with E-state index in [1.807, 2.05) is 50.1 Å². The lowest BCUT2D eigenvalue weighted by Gasteiger charge is -2.13. The first-order chi connectivity index (χ1) is 7.70. The number of hydrogen-bond acceptors (Lipinski definition) is 3. The van der Waals surface area contributed by atoms with Crippen LogP contribution in [0, 0.1) is 6.92 Å². The van der Waals surface area contributed by atoms with E-state index < -0.39 is 0 Å². The highest BCUT2D eigenvalue weighted by atomic mass is 16.3. The molecular formula is C12H17N3O. The highest BCUT2D eigenvalue weighted by molar-refractivity contribution is 5.11. The maximum absolute atomic E-state index is 5.63. The Labute approximate surface area is 95.3 Å². The number of imidazole rings is 1. The Morgan fingerprint density at radius 2 is 2.31 bits per heavy atom. The van der Waals surface area contributed by atoms with Gasteiger partial charge in [-0.2, -0.15) is 0 Å². The molecule has 1 unspecified atom stereocenters. The van der Waals surface area contributed by atoms with Crippen LogP contribution in [-0.2, 0) is 13.5 Å². The Bertz CT molecular complexity index is 458. The van der Waals surface area contributed by atoms with Gasteiger partial charge >= 0.3 is 0 Å². The van der Waals surface area contributed by atoms with Gasteiger partial charge in [-0.3, -0.25) is 0 Å². The Morgan fingerprint density at radius 3 is 2.81 bits per heavy atom. The average Bonchev–Trinajstić information content (AvgIpc) is 2.85. The van der Waals surface area contributed by atoms with Crippen molar-refractivity contribution in [3.8, 4) is 0 Å². The minimum Gasteiger partial charge on any atom is -0.465 e. The van der Waals surface area contributed by atoms with Crippen LogP contribution in [0.15, 0.2) is 28.9 Å². The summed E-state index contributed by atoms with van der Waals surface area (Å²) in [7, 11) is 3.94. The zero-order chi connectivity index (χ0) is 11.5. The standard InChI is InChI=1S/C12H17N3O/c1-9-4-5-11(16-9)10(13-2)8-12-14-6-7-15(12)3/h4-7,10,13H,8H2,1-3H3. The number of hydrogen-bond donors (Lipinski definition) is 1. The Kier molecular flexibility index (Phi) is 3.10. The van der Waals surface area contributed by atoms with Gasteiger partial charge in [-0.15, -0.1) is 0 Å². The number of nitrogens with one attached hydrogen (secondary N) is 1. The highest BCUT2D eigenvalue weighted by Gasteiger charge is 2.15. The van der Waals surface area contributed by atoms with Crippen LogP contribution < -0.4 is 5.32 Å². The molecule has 0 bridgehead atoms. The first-order valence-electron chi connectivity index (χ1n) is 5.40. The smallest absolute Gasteiger partial charge is 0.121 e. The summed E-state index contributed by atoms with van der Waals surface area (Å²) >= 11 is 0. The fourth-order valence-corrected chi connectivity index (χ4v) is 1.76. The van der Waals surface area contributed by atoms with Gasteiger partial charge in [0.25, 0.3) is 0 Å². The lowest BCUT2D eigenvalue weighted by Crippen LogP contribution is -2.19. The van der Waals surface area contributed by atoms with Crippen LogP contribution in [0.1, 0.15) is 23.4 Å². The molecule has 4 nitrogen and oxygen atoms in total. The molecular weight excluding hydrogens is 202 g/mol. The summed E-state index contributed by atoms with van der Waals surface area (Å²) in [5.41, 5.74) is 0. The fourth-order valence-electron chi connectivity index (χ4n) is 1.76. The van der Waals surface area contributed by atoms with E-state index in [9.17, 15) is 0 Å². The Balaban J connectivity index is 2.15. The van der Waals surface area contributed by atoms with Gasteiger partial charge in [0, 0.05) is 25.9 Å². The predicted molar refractivity (Wildman–Crippen MR) is 62.2 cm³/mol. The van der Waals surface area contributed by atoms with Gasteiger partial charge in [0.2, 0.25) is 0 Å². The van der Waals surface area contributed by atoms with Gasteiger partial charge in [0.1, 0.15) is 17.3 Å². The molecule has 2 aromatic heterocycles. The summed E-state index contributed by atoms with van der Waals surface area (Å²) in [6.45, 7) is 1.96. The Hall–Kier alpha value is -1.55. The molecule has 0 saturated carbocycles. The van der Waals surface area contributed by atoms with E-state index in [4.69, 9.17) is 4.42 Å². The highest BCUT2D eigenvalue weighted by Crippen LogP contribution is 2.19. The van der Waals surface area contributed by atoms with E-state index in [2.05, 4.69) is 10.3 Å². The maximum atomic E-state index is 5.63. The summed E-state index contributed by atoms with van der Waals surface area (Å²) in [4.78, 5) is 4.32. The van der Waals surface area contributed by atoms with E-state index in [1.54, 1.807) is 0 Å². The van der Waals surface area contributed by atoms with E-state index in [-0.39, 0.29) is 6.04 Å². The summed E-state index contributed by atoms with van der Waals surface area (Å²) in [5.74, 6) is 2.95. The van der Waals surface area contributed by atoms with E-state index in [0.717, 1.165) is 23.8 Å². The third kappa shape index (κ3) is 2.17. The summed E-state index contributed by atoms with van der Waals surface area (Å²) < 4.78 is 7.65. The second-order valence-electron chi connectivity index (χ2n) is 3.95. The van der Waals surface area contributed by atoms with Crippen molar-refractivity contribution >= 4 is 0 Å². The zero-order valence-electron chi connectivity index (χ0n) is 9.90. The summed E-state index contributed by atoms with van der Waals surface area (Å²) in [6, 6.07) is 4.17. The van der Waals surface area contributed by atoms with Gasteiger partial charge < -0.3 is 14.3 Å². The van der Waals surface area contributed by atoms with Crippen LogP contribution in [0.2, 0.25) is 0 Å². The number of rotatable bonds is 4. The molecule has 1 atom stereocenters.